The molecule has 2 aromatic rings. The Labute approximate surface area is 115 Å². The SMILES string of the molecule is O=C(O)c1ccc2c(c1)CCCN2C(=O)c1ccco1. The average Bonchev–Trinajstić information content (AvgIpc) is 2.99. The quantitative estimate of drug-likeness (QED) is 0.911. The number of furan rings is 1. The molecule has 1 amide bonds. The van der Waals surface area contributed by atoms with E-state index in [9.17, 15) is 9.59 Å². The van der Waals surface area contributed by atoms with Gasteiger partial charge in [0.25, 0.3) is 5.91 Å². The summed E-state index contributed by atoms with van der Waals surface area (Å²) in [5.41, 5.74) is 1.90. The summed E-state index contributed by atoms with van der Waals surface area (Å²) in [4.78, 5) is 25.0. The van der Waals surface area contributed by atoms with Gasteiger partial charge in [0.05, 0.1) is 11.8 Å². The van der Waals surface area contributed by atoms with Gasteiger partial charge in [0.15, 0.2) is 5.76 Å². The number of hydrogen-bond donors (Lipinski definition) is 1. The van der Waals surface area contributed by atoms with Crippen molar-refractivity contribution in [1.29, 1.82) is 0 Å². The van der Waals surface area contributed by atoms with Gasteiger partial charge in [0.1, 0.15) is 0 Å². The Morgan fingerprint density at radius 2 is 2.10 bits per heavy atom. The van der Waals surface area contributed by atoms with Gasteiger partial charge in [-0.25, -0.2) is 4.79 Å². The number of fused-ring (bicyclic) bond motifs is 1. The summed E-state index contributed by atoms with van der Waals surface area (Å²) < 4.78 is 5.14. The second kappa shape index (κ2) is 4.85. The van der Waals surface area contributed by atoms with Crippen LogP contribution in [0.1, 0.15) is 32.9 Å². The van der Waals surface area contributed by atoms with E-state index < -0.39 is 5.97 Å². The number of carboxylic acids is 1. The Kier molecular flexibility index (Phi) is 3.02. The van der Waals surface area contributed by atoms with Crippen LogP contribution in [0.5, 0.6) is 0 Å². The van der Waals surface area contributed by atoms with E-state index in [1.807, 2.05) is 0 Å². The van der Waals surface area contributed by atoms with Gasteiger partial charge in [-0.3, -0.25) is 4.79 Å². The monoisotopic (exact) mass is 271 g/mol. The van der Waals surface area contributed by atoms with Crippen molar-refractivity contribution in [1.82, 2.24) is 0 Å². The summed E-state index contributed by atoms with van der Waals surface area (Å²) in [5, 5.41) is 9.02. The van der Waals surface area contributed by atoms with E-state index in [1.54, 1.807) is 29.2 Å². The molecule has 0 unspecified atom stereocenters. The molecule has 2 heterocycles. The van der Waals surface area contributed by atoms with E-state index in [4.69, 9.17) is 9.52 Å². The van der Waals surface area contributed by atoms with Gasteiger partial charge in [0.2, 0.25) is 0 Å². The summed E-state index contributed by atoms with van der Waals surface area (Å²) in [7, 11) is 0. The van der Waals surface area contributed by atoms with Gasteiger partial charge in [0, 0.05) is 12.2 Å². The fourth-order valence-corrected chi connectivity index (χ4v) is 2.47. The van der Waals surface area contributed by atoms with Crippen LogP contribution in [0.15, 0.2) is 41.0 Å². The molecule has 1 aromatic carbocycles. The predicted molar refractivity (Wildman–Crippen MR) is 72.1 cm³/mol. The van der Waals surface area contributed by atoms with E-state index in [-0.39, 0.29) is 11.5 Å². The maximum Gasteiger partial charge on any atom is 0.335 e. The van der Waals surface area contributed by atoms with Crippen LogP contribution in [-0.2, 0) is 6.42 Å². The molecule has 0 fully saturated rings. The maximum atomic E-state index is 12.4. The number of rotatable bonds is 2. The zero-order valence-corrected chi connectivity index (χ0v) is 10.7. The van der Waals surface area contributed by atoms with Crippen molar-refractivity contribution in [3.05, 3.63) is 53.5 Å². The second-order valence-electron chi connectivity index (χ2n) is 4.69. The molecule has 0 spiro atoms. The molecule has 5 heteroatoms. The number of benzene rings is 1. The lowest BCUT2D eigenvalue weighted by Crippen LogP contribution is -2.35. The van der Waals surface area contributed by atoms with Gasteiger partial charge in [-0.1, -0.05) is 0 Å². The number of aromatic carboxylic acids is 1. The lowest BCUT2D eigenvalue weighted by atomic mass is 9.99. The summed E-state index contributed by atoms with van der Waals surface area (Å²) in [6, 6.07) is 8.15. The number of carboxylic acid groups (broad SMARTS) is 1. The molecule has 20 heavy (non-hydrogen) atoms. The standard InChI is InChI=1S/C15H13NO4/c17-14(13-4-2-8-20-13)16-7-1-3-10-9-11(15(18)19)5-6-12(10)16/h2,4-6,8-9H,1,3,7H2,(H,18,19). The van der Waals surface area contributed by atoms with Crippen molar-refractivity contribution in [2.45, 2.75) is 12.8 Å². The first-order chi connectivity index (χ1) is 9.66. The second-order valence-corrected chi connectivity index (χ2v) is 4.69. The number of carbonyl (C=O) groups is 2. The molecule has 1 aromatic heterocycles. The highest BCUT2D eigenvalue weighted by Crippen LogP contribution is 2.29. The van der Waals surface area contributed by atoms with Crippen LogP contribution in [0.25, 0.3) is 0 Å². The minimum absolute atomic E-state index is 0.195. The van der Waals surface area contributed by atoms with Gasteiger partial charge >= 0.3 is 5.97 Å². The third-order valence-electron chi connectivity index (χ3n) is 3.42. The molecule has 0 saturated heterocycles. The molecular weight excluding hydrogens is 258 g/mol. The van der Waals surface area contributed by atoms with E-state index in [0.29, 0.717) is 12.3 Å². The van der Waals surface area contributed by atoms with Crippen molar-refractivity contribution in [3.63, 3.8) is 0 Å². The largest absolute Gasteiger partial charge is 0.478 e. The molecule has 5 nitrogen and oxygen atoms in total. The maximum absolute atomic E-state index is 12.4. The molecule has 0 saturated carbocycles. The van der Waals surface area contributed by atoms with Gasteiger partial charge in [-0.15, -0.1) is 0 Å². The fraction of sp³-hybridized carbons (Fsp3) is 0.200. The fourth-order valence-electron chi connectivity index (χ4n) is 2.47. The number of anilines is 1. The smallest absolute Gasteiger partial charge is 0.335 e. The van der Waals surface area contributed by atoms with Gasteiger partial charge < -0.3 is 14.4 Å². The number of nitrogens with zero attached hydrogens (tertiary/aromatic N) is 1. The minimum atomic E-state index is -0.956. The molecule has 3 rings (SSSR count). The van der Waals surface area contributed by atoms with E-state index in [2.05, 4.69) is 0 Å². The summed E-state index contributed by atoms with van der Waals surface area (Å²) >= 11 is 0. The van der Waals surface area contributed by atoms with Crippen LogP contribution in [0, 0.1) is 0 Å². The Morgan fingerprint density at radius 3 is 2.80 bits per heavy atom. The van der Waals surface area contributed by atoms with Crippen molar-refractivity contribution in [2.24, 2.45) is 0 Å². The van der Waals surface area contributed by atoms with E-state index in [1.165, 1.54) is 12.3 Å². The van der Waals surface area contributed by atoms with Gasteiger partial charge in [-0.05, 0) is 48.7 Å². The van der Waals surface area contributed by atoms with E-state index >= 15 is 0 Å². The first kappa shape index (κ1) is 12.5. The molecule has 1 aliphatic heterocycles. The lowest BCUT2D eigenvalue weighted by Gasteiger charge is -2.29. The zero-order chi connectivity index (χ0) is 14.1. The lowest BCUT2D eigenvalue weighted by molar-refractivity contribution is 0.0696. The topological polar surface area (TPSA) is 70.8 Å². The molecular formula is C15H13NO4. The summed E-state index contributed by atoms with van der Waals surface area (Å²) in [6.07, 6.45) is 3.05. The highest BCUT2D eigenvalue weighted by atomic mass is 16.4. The van der Waals surface area contributed by atoms with Crippen molar-refractivity contribution >= 4 is 17.6 Å². The van der Waals surface area contributed by atoms with Crippen LogP contribution in [0.2, 0.25) is 0 Å². The highest BCUT2D eigenvalue weighted by Gasteiger charge is 2.25. The molecule has 0 bridgehead atoms. The Morgan fingerprint density at radius 1 is 1.25 bits per heavy atom. The first-order valence-corrected chi connectivity index (χ1v) is 6.38. The van der Waals surface area contributed by atoms with Crippen molar-refractivity contribution in [2.75, 3.05) is 11.4 Å². The molecule has 102 valence electrons. The third kappa shape index (κ3) is 2.07. The van der Waals surface area contributed by atoms with Crippen LogP contribution in [0.3, 0.4) is 0 Å². The normalized spacial score (nSPS) is 13.9. The summed E-state index contributed by atoms with van der Waals surface area (Å²) in [5.74, 6) is -0.860. The van der Waals surface area contributed by atoms with Crippen LogP contribution in [0.4, 0.5) is 5.69 Å². The van der Waals surface area contributed by atoms with Crippen molar-refractivity contribution < 1.29 is 19.1 Å². The molecule has 0 atom stereocenters. The molecule has 0 radical (unpaired) electrons. The summed E-state index contributed by atoms with van der Waals surface area (Å²) in [6.45, 7) is 0.610. The Hall–Kier alpha value is -2.56. The van der Waals surface area contributed by atoms with E-state index in [0.717, 1.165) is 24.1 Å². The average molecular weight is 271 g/mol. The highest BCUT2D eigenvalue weighted by molar-refractivity contribution is 6.05. The zero-order valence-electron chi connectivity index (χ0n) is 10.7. The number of hydrogen-bond acceptors (Lipinski definition) is 3. The van der Waals surface area contributed by atoms with Crippen molar-refractivity contribution in [3.8, 4) is 0 Å². The molecule has 1 N–H and O–H groups in total. The minimum Gasteiger partial charge on any atom is -0.478 e. The number of amides is 1. The number of aryl methyl sites for hydroxylation is 1. The molecule has 0 aliphatic carbocycles. The van der Waals surface area contributed by atoms with Gasteiger partial charge in [-0.2, -0.15) is 0 Å². The first-order valence-electron chi connectivity index (χ1n) is 6.38. The predicted octanol–water partition coefficient (Wildman–Crippen LogP) is 2.57. The van der Waals surface area contributed by atoms with Crippen LogP contribution < -0.4 is 4.90 Å². The third-order valence-corrected chi connectivity index (χ3v) is 3.42. The van der Waals surface area contributed by atoms with Crippen LogP contribution >= 0.6 is 0 Å². The number of carbonyl (C=O) groups excluding carboxylic acids is 1. The Balaban J connectivity index is 1.98. The van der Waals surface area contributed by atoms with Crippen LogP contribution in [-0.4, -0.2) is 23.5 Å². The molecule has 1 aliphatic rings. The Bertz CT molecular complexity index is 661.